The van der Waals surface area contributed by atoms with Crippen LogP contribution in [-0.4, -0.2) is 8.42 Å². The van der Waals surface area contributed by atoms with Gasteiger partial charge < -0.3 is 5.73 Å². The van der Waals surface area contributed by atoms with Gasteiger partial charge in [0.1, 0.15) is 5.82 Å². The van der Waals surface area contributed by atoms with Crippen LogP contribution in [-0.2, 0) is 16.6 Å². The Balaban J connectivity index is 2.22. The number of halogens is 2. The van der Waals surface area contributed by atoms with E-state index in [2.05, 4.69) is 20.7 Å². The number of nitrogens with two attached hydrogens (primary N) is 1. The number of nitrogens with one attached hydrogen (secondary N) is 1. The zero-order valence-corrected chi connectivity index (χ0v) is 13.6. The van der Waals surface area contributed by atoms with Crippen LogP contribution in [0, 0.1) is 12.7 Å². The molecule has 3 N–H and O–H groups in total. The van der Waals surface area contributed by atoms with Crippen molar-refractivity contribution < 1.29 is 12.8 Å². The molecule has 2 aromatic rings. The second-order valence-electron chi connectivity index (χ2n) is 4.59. The summed E-state index contributed by atoms with van der Waals surface area (Å²) in [7, 11) is -3.68. The molecule has 0 amide bonds. The molecule has 2 aromatic carbocycles. The van der Waals surface area contributed by atoms with E-state index in [0.717, 1.165) is 0 Å². The summed E-state index contributed by atoms with van der Waals surface area (Å²) in [4.78, 5) is 0.130. The van der Waals surface area contributed by atoms with E-state index >= 15 is 0 Å². The first-order valence-electron chi connectivity index (χ1n) is 6.09. The van der Waals surface area contributed by atoms with Gasteiger partial charge in [-0.3, -0.25) is 0 Å². The van der Waals surface area contributed by atoms with Crippen molar-refractivity contribution in [3.63, 3.8) is 0 Å². The monoisotopic (exact) mass is 372 g/mol. The highest BCUT2D eigenvalue weighted by molar-refractivity contribution is 9.10. The fourth-order valence-electron chi connectivity index (χ4n) is 1.82. The first-order chi connectivity index (χ1) is 9.79. The lowest BCUT2D eigenvalue weighted by Gasteiger charge is -2.11. The molecular formula is C14H14BrFN2O2S. The molecule has 0 heterocycles. The Morgan fingerprint density at radius 1 is 1.24 bits per heavy atom. The molecular weight excluding hydrogens is 359 g/mol. The Labute approximate surface area is 131 Å². The number of aryl methyl sites for hydroxylation is 1. The average Bonchev–Trinajstić information content (AvgIpc) is 2.42. The molecule has 0 spiro atoms. The van der Waals surface area contributed by atoms with Crippen molar-refractivity contribution in [3.8, 4) is 0 Å². The molecule has 112 valence electrons. The standard InChI is InChI=1S/C14H14BrFN2O2S/c1-9-6-12(15)13(17)7-14(9)21(19,20)18-8-10-2-4-11(16)5-3-10/h2-7,18H,8,17H2,1H3. The lowest BCUT2D eigenvalue weighted by Crippen LogP contribution is -2.24. The third kappa shape index (κ3) is 3.81. The van der Waals surface area contributed by atoms with Crippen LogP contribution in [0.15, 0.2) is 45.8 Å². The van der Waals surface area contributed by atoms with Crippen LogP contribution in [0.25, 0.3) is 0 Å². The molecule has 0 saturated carbocycles. The predicted molar refractivity (Wildman–Crippen MR) is 83.7 cm³/mol. The van der Waals surface area contributed by atoms with E-state index in [-0.39, 0.29) is 17.3 Å². The largest absolute Gasteiger partial charge is 0.398 e. The summed E-state index contributed by atoms with van der Waals surface area (Å²) in [5, 5.41) is 0. The van der Waals surface area contributed by atoms with Gasteiger partial charge in [-0.1, -0.05) is 12.1 Å². The topological polar surface area (TPSA) is 72.2 Å². The second kappa shape index (κ2) is 6.13. The smallest absolute Gasteiger partial charge is 0.241 e. The fraction of sp³-hybridized carbons (Fsp3) is 0.143. The number of nitrogen functional groups attached to an aromatic ring is 1. The molecule has 0 bridgehead atoms. The number of hydrogen-bond acceptors (Lipinski definition) is 3. The molecule has 0 saturated heterocycles. The van der Waals surface area contributed by atoms with Crippen LogP contribution in [0.5, 0.6) is 0 Å². The number of anilines is 1. The normalized spacial score (nSPS) is 11.6. The second-order valence-corrected chi connectivity index (χ2v) is 7.18. The van der Waals surface area contributed by atoms with E-state index in [4.69, 9.17) is 5.73 Å². The zero-order chi connectivity index (χ0) is 15.6. The van der Waals surface area contributed by atoms with Crippen molar-refractivity contribution in [1.82, 2.24) is 4.72 Å². The molecule has 4 nitrogen and oxygen atoms in total. The highest BCUT2D eigenvalue weighted by Crippen LogP contribution is 2.26. The summed E-state index contributed by atoms with van der Waals surface area (Å²) < 4.78 is 40.5. The van der Waals surface area contributed by atoms with E-state index in [0.29, 0.717) is 21.3 Å². The van der Waals surface area contributed by atoms with Crippen LogP contribution in [0.1, 0.15) is 11.1 Å². The van der Waals surface area contributed by atoms with Gasteiger partial charge in [0.25, 0.3) is 0 Å². The molecule has 0 unspecified atom stereocenters. The fourth-order valence-corrected chi connectivity index (χ4v) is 3.55. The number of rotatable bonds is 4. The van der Waals surface area contributed by atoms with Crippen LogP contribution in [0.2, 0.25) is 0 Å². The highest BCUT2D eigenvalue weighted by atomic mass is 79.9. The van der Waals surface area contributed by atoms with Crippen molar-refractivity contribution in [3.05, 3.63) is 57.8 Å². The van der Waals surface area contributed by atoms with Gasteiger partial charge in [0.15, 0.2) is 0 Å². The first kappa shape index (κ1) is 15.9. The maximum absolute atomic E-state index is 12.8. The Hall–Kier alpha value is -1.44. The molecule has 0 aliphatic heterocycles. The van der Waals surface area contributed by atoms with E-state index in [9.17, 15) is 12.8 Å². The van der Waals surface area contributed by atoms with Gasteiger partial charge in [-0.15, -0.1) is 0 Å². The van der Waals surface area contributed by atoms with E-state index in [1.54, 1.807) is 13.0 Å². The maximum Gasteiger partial charge on any atom is 0.241 e. The SMILES string of the molecule is Cc1cc(Br)c(N)cc1S(=O)(=O)NCc1ccc(F)cc1. The number of benzene rings is 2. The summed E-state index contributed by atoms with van der Waals surface area (Å²) >= 11 is 3.25. The lowest BCUT2D eigenvalue weighted by atomic mass is 10.2. The molecule has 0 aromatic heterocycles. The van der Waals surface area contributed by atoms with E-state index in [1.807, 2.05) is 0 Å². The minimum absolute atomic E-state index is 0.0814. The first-order valence-corrected chi connectivity index (χ1v) is 8.37. The van der Waals surface area contributed by atoms with Crippen LogP contribution in [0.4, 0.5) is 10.1 Å². The molecule has 21 heavy (non-hydrogen) atoms. The van der Waals surface area contributed by atoms with Crippen molar-refractivity contribution in [1.29, 1.82) is 0 Å². The highest BCUT2D eigenvalue weighted by Gasteiger charge is 2.18. The minimum Gasteiger partial charge on any atom is -0.398 e. The van der Waals surface area contributed by atoms with Gasteiger partial charge in [-0.25, -0.2) is 17.5 Å². The zero-order valence-electron chi connectivity index (χ0n) is 11.2. The van der Waals surface area contributed by atoms with Crippen molar-refractivity contribution >= 4 is 31.6 Å². The molecule has 0 aliphatic rings. The summed E-state index contributed by atoms with van der Waals surface area (Å²) in [6, 6.07) is 8.69. The van der Waals surface area contributed by atoms with Gasteiger partial charge >= 0.3 is 0 Å². The third-order valence-electron chi connectivity index (χ3n) is 2.96. The van der Waals surface area contributed by atoms with Gasteiger partial charge in [0.2, 0.25) is 10.0 Å². The Morgan fingerprint density at radius 2 is 1.86 bits per heavy atom. The summed E-state index contributed by atoms with van der Waals surface area (Å²) in [6.45, 7) is 1.77. The van der Waals surface area contributed by atoms with Crippen molar-refractivity contribution in [2.45, 2.75) is 18.4 Å². The molecule has 0 aliphatic carbocycles. The molecule has 0 fully saturated rings. The third-order valence-corrected chi connectivity index (χ3v) is 5.19. The van der Waals surface area contributed by atoms with E-state index in [1.165, 1.54) is 30.3 Å². The van der Waals surface area contributed by atoms with Gasteiger partial charge in [0, 0.05) is 16.7 Å². The Bertz CT molecular complexity index is 761. The van der Waals surface area contributed by atoms with Gasteiger partial charge in [-0.2, -0.15) is 0 Å². The number of hydrogen-bond donors (Lipinski definition) is 2. The Kier molecular flexibility index (Phi) is 4.65. The Morgan fingerprint density at radius 3 is 2.48 bits per heavy atom. The van der Waals surface area contributed by atoms with Crippen LogP contribution in [0.3, 0.4) is 0 Å². The summed E-state index contributed by atoms with van der Waals surface area (Å²) in [6.07, 6.45) is 0. The quantitative estimate of drug-likeness (QED) is 0.810. The molecule has 2 rings (SSSR count). The predicted octanol–water partition coefficient (Wildman–Crippen LogP) is 2.96. The molecule has 7 heteroatoms. The number of sulfonamides is 1. The van der Waals surface area contributed by atoms with Crippen LogP contribution >= 0.6 is 15.9 Å². The maximum atomic E-state index is 12.8. The summed E-state index contributed by atoms with van der Waals surface area (Å²) in [5.74, 6) is -0.363. The average molecular weight is 373 g/mol. The molecule has 0 atom stereocenters. The summed E-state index contributed by atoms with van der Waals surface area (Å²) in [5.41, 5.74) is 7.33. The van der Waals surface area contributed by atoms with Crippen molar-refractivity contribution in [2.75, 3.05) is 5.73 Å². The van der Waals surface area contributed by atoms with Gasteiger partial charge in [-0.05, 0) is 58.2 Å². The lowest BCUT2D eigenvalue weighted by molar-refractivity contribution is 0.580. The molecule has 0 radical (unpaired) electrons. The van der Waals surface area contributed by atoms with Crippen molar-refractivity contribution in [2.24, 2.45) is 0 Å². The van der Waals surface area contributed by atoms with Crippen LogP contribution < -0.4 is 10.5 Å². The van der Waals surface area contributed by atoms with Gasteiger partial charge in [0.05, 0.1) is 4.90 Å². The minimum atomic E-state index is -3.68. The van der Waals surface area contributed by atoms with E-state index < -0.39 is 10.0 Å².